The lowest BCUT2D eigenvalue weighted by Gasteiger charge is -2.27. The van der Waals surface area contributed by atoms with Gasteiger partial charge >= 0.3 is 5.97 Å². The summed E-state index contributed by atoms with van der Waals surface area (Å²) in [5.74, 6) is 1.11. The largest absolute Gasteiger partial charge is 0.493 e. The van der Waals surface area contributed by atoms with Crippen LogP contribution in [0.15, 0.2) is 72.8 Å². The third kappa shape index (κ3) is 5.60. The summed E-state index contributed by atoms with van der Waals surface area (Å²) in [4.78, 5) is 21.4. The van der Waals surface area contributed by atoms with Crippen molar-refractivity contribution in [1.82, 2.24) is 14.5 Å². The minimum Gasteiger partial charge on any atom is -0.493 e. The van der Waals surface area contributed by atoms with Crippen LogP contribution in [-0.2, 0) is 30.7 Å². The van der Waals surface area contributed by atoms with Crippen molar-refractivity contribution in [3.63, 3.8) is 0 Å². The number of hydrogen-bond donors (Lipinski definition) is 1. The summed E-state index contributed by atoms with van der Waals surface area (Å²) < 4.78 is 20.4. The Morgan fingerprint density at radius 3 is 2.73 bits per heavy atom. The van der Waals surface area contributed by atoms with E-state index in [1.165, 1.54) is 0 Å². The zero-order chi connectivity index (χ0) is 30.0. The Morgan fingerprint density at radius 2 is 1.91 bits per heavy atom. The number of nitriles is 1. The maximum atomic E-state index is 11.7. The molecule has 4 bridgehead atoms. The first-order valence-corrected chi connectivity index (χ1v) is 14.8. The molecule has 220 valence electrons. The number of ether oxygens (including phenoxy) is 3. The summed E-state index contributed by atoms with van der Waals surface area (Å²) in [7, 11) is 0. The van der Waals surface area contributed by atoms with E-state index in [1.807, 2.05) is 54.6 Å². The SMILES string of the molecule is N#Cc1ccc2c(c1)CCCOc1cc(ccc1Cc1nc3ccc(C(=O)O)cc3n1C[C@@H]1CCO1)-c1cccc(n1)OC2. The van der Waals surface area contributed by atoms with Crippen molar-refractivity contribution < 1.29 is 24.1 Å². The number of aromatic carboxylic acids is 1. The average molecular weight is 587 g/mol. The molecule has 3 aromatic carbocycles. The Morgan fingerprint density at radius 1 is 1.00 bits per heavy atom. The van der Waals surface area contributed by atoms with Crippen LogP contribution in [0, 0.1) is 11.3 Å². The van der Waals surface area contributed by atoms with Gasteiger partial charge in [0.1, 0.15) is 18.2 Å². The molecule has 0 aliphatic carbocycles. The highest BCUT2D eigenvalue weighted by atomic mass is 16.5. The van der Waals surface area contributed by atoms with E-state index < -0.39 is 5.97 Å². The highest BCUT2D eigenvalue weighted by molar-refractivity contribution is 5.92. The van der Waals surface area contributed by atoms with Crippen LogP contribution < -0.4 is 9.47 Å². The molecule has 2 aliphatic heterocycles. The molecule has 9 nitrogen and oxygen atoms in total. The molecule has 0 amide bonds. The second-order valence-corrected chi connectivity index (χ2v) is 11.1. The molecule has 1 saturated heterocycles. The molecule has 5 aromatic rings. The highest BCUT2D eigenvalue weighted by Crippen LogP contribution is 2.31. The van der Waals surface area contributed by atoms with Crippen LogP contribution in [-0.4, -0.2) is 44.9 Å². The maximum Gasteiger partial charge on any atom is 0.335 e. The topological polar surface area (TPSA) is 119 Å². The Bertz CT molecular complexity index is 1920. The molecule has 9 heteroatoms. The van der Waals surface area contributed by atoms with E-state index in [0.29, 0.717) is 37.6 Å². The van der Waals surface area contributed by atoms with E-state index >= 15 is 0 Å². The van der Waals surface area contributed by atoms with Gasteiger partial charge in [0, 0.05) is 30.2 Å². The molecule has 4 heterocycles. The van der Waals surface area contributed by atoms with E-state index in [9.17, 15) is 15.2 Å². The summed E-state index contributed by atoms with van der Waals surface area (Å²) in [6.07, 6.45) is 3.01. The number of aryl methyl sites for hydroxylation is 1. The minimum atomic E-state index is -0.971. The number of imidazole rings is 1. The first-order valence-electron chi connectivity index (χ1n) is 14.8. The maximum absolute atomic E-state index is 11.7. The molecular formula is C35H30N4O5. The summed E-state index contributed by atoms with van der Waals surface area (Å²) in [5.41, 5.74) is 7.09. The minimum absolute atomic E-state index is 0.0706. The number of rotatable bonds is 5. The fourth-order valence-electron chi connectivity index (χ4n) is 5.76. The molecule has 2 aromatic heterocycles. The van der Waals surface area contributed by atoms with Gasteiger partial charge in [-0.1, -0.05) is 24.3 Å². The van der Waals surface area contributed by atoms with E-state index in [2.05, 4.69) is 10.6 Å². The fourth-order valence-corrected chi connectivity index (χ4v) is 5.76. The van der Waals surface area contributed by atoms with Gasteiger partial charge in [0.2, 0.25) is 5.88 Å². The predicted molar refractivity (Wildman–Crippen MR) is 163 cm³/mol. The molecule has 0 spiro atoms. The Hall–Kier alpha value is -5.20. The highest BCUT2D eigenvalue weighted by Gasteiger charge is 2.23. The van der Waals surface area contributed by atoms with Gasteiger partial charge in [0.25, 0.3) is 0 Å². The van der Waals surface area contributed by atoms with Crippen LogP contribution in [0.3, 0.4) is 0 Å². The lowest BCUT2D eigenvalue weighted by molar-refractivity contribution is -0.0589. The van der Waals surface area contributed by atoms with Gasteiger partial charge in [-0.25, -0.2) is 14.8 Å². The van der Waals surface area contributed by atoms with Crippen molar-refractivity contribution >= 4 is 17.0 Å². The molecular weight excluding hydrogens is 556 g/mol. The van der Waals surface area contributed by atoms with Gasteiger partial charge in [0.05, 0.1) is 53.2 Å². The van der Waals surface area contributed by atoms with Gasteiger partial charge in [-0.3, -0.25) is 0 Å². The van der Waals surface area contributed by atoms with Crippen molar-refractivity contribution in [2.24, 2.45) is 0 Å². The molecule has 0 unspecified atom stereocenters. The van der Waals surface area contributed by atoms with Crippen LogP contribution in [0.2, 0.25) is 0 Å². The van der Waals surface area contributed by atoms with E-state index in [-0.39, 0.29) is 11.7 Å². The lowest BCUT2D eigenvalue weighted by atomic mass is 10.0. The van der Waals surface area contributed by atoms with Crippen LogP contribution >= 0.6 is 0 Å². The second kappa shape index (κ2) is 11.8. The van der Waals surface area contributed by atoms with Gasteiger partial charge in [-0.15, -0.1) is 0 Å². The second-order valence-electron chi connectivity index (χ2n) is 11.1. The smallest absolute Gasteiger partial charge is 0.335 e. The number of carboxylic acids is 1. The number of aromatic nitrogens is 3. The van der Waals surface area contributed by atoms with Crippen LogP contribution in [0.4, 0.5) is 0 Å². The number of benzene rings is 3. The van der Waals surface area contributed by atoms with Crippen LogP contribution in [0.1, 0.15) is 51.3 Å². The fraction of sp³-hybridized carbons (Fsp3) is 0.257. The zero-order valence-corrected chi connectivity index (χ0v) is 24.0. The molecule has 1 atom stereocenters. The van der Waals surface area contributed by atoms with Crippen molar-refractivity contribution in [3.05, 3.63) is 106 Å². The molecule has 44 heavy (non-hydrogen) atoms. The summed E-state index contributed by atoms with van der Waals surface area (Å²) in [6, 6.07) is 24.8. The van der Waals surface area contributed by atoms with Crippen molar-refractivity contribution in [1.29, 1.82) is 5.26 Å². The number of carbonyl (C=O) groups is 1. The summed E-state index contributed by atoms with van der Waals surface area (Å²) in [6.45, 7) is 2.18. The average Bonchev–Trinajstić information content (AvgIpc) is 3.36. The van der Waals surface area contributed by atoms with Crippen LogP contribution in [0.5, 0.6) is 11.6 Å². The van der Waals surface area contributed by atoms with Gasteiger partial charge in [-0.05, 0) is 72.9 Å². The number of carboxylic acid groups (broad SMARTS) is 1. The third-order valence-corrected chi connectivity index (χ3v) is 8.25. The Balaban J connectivity index is 1.25. The van der Waals surface area contributed by atoms with Gasteiger partial charge in [0.15, 0.2) is 0 Å². The Kier molecular flexibility index (Phi) is 7.42. The van der Waals surface area contributed by atoms with Gasteiger partial charge in [-0.2, -0.15) is 5.26 Å². The first kappa shape index (κ1) is 27.6. The van der Waals surface area contributed by atoms with Crippen molar-refractivity contribution in [3.8, 4) is 29.0 Å². The lowest BCUT2D eigenvalue weighted by Crippen LogP contribution is -2.31. The standard InChI is InChI=1S/C35H30N4O5/c36-19-22-6-7-27-21-44-34-5-1-4-29(38-34)24-8-9-25(32(17-24)43-13-2-3-23(27)15-22)18-33-37-30-11-10-26(35(40)41)16-31(30)39(33)20-28-12-14-42-28/h1,4-11,15-17,28H,2-3,12-14,18,20-21H2,(H,40,41)/t28-/m0/s1. The number of hydrogen-bond acceptors (Lipinski definition) is 7. The van der Waals surface area contributed by atoms with Crippen molar-refractivity contribution in [2.75, 3.05) is 13.2 Å². The molecule has 1 N–H and O–H groups in total. The zero-order valence-electron chi connectivity index (χ0n) is 24.0. The predicted octanol–water partition coefficient (Wildman–Crippen LogP) is 5.95. The van der Waals surface area contributed by atoms with Crippen LogP contribution in [0.25, 0.3) is 22.3 Å². The first-order chi connectivity index (χ1) is 21.5. The Labute approximate surface area is 254 Å². The number of nitrogens with zero attached hydrogens (tertiary/aromatic N) is 4. The summed E-state index contributed by atoms with van der Waals surface area (Å²) >= 11 is 0. The molecule has 0 saturated carbocycles. The molecule has 1 fully saturated rings. The van der Waals surface area contributed by atoms with Crippen molar-refractivity contribution in [2.45, 2.75) is 44.9 Å². The molecule has 0 radical (unpaired) electrons. The normalized spacial score (nSPS) is 16.0. The summed E-state index contributed by atoms with van der Waals surface area (Å²) in [5, 5.41) is 19.1. The van der Waals surface area contributed by atoms with E-state index in [0.717, 1.165) is 76.4 Å². The molecule has 2 aliphatic rings. The monoisotopic (exact) mass is 586 g/mol. The van der Waals surface area contributed by atoms with E-state index in [4.69, 9.17) is 24.2 Å². The quantitative estimate of drug-likeness (QED) is 0.268. The number of fused-ring (bicyclic) bond motifs is 7. The van der Waals surface area contributed by atoms with Gasteiger partial charge < -0.3 is 23.9 Å². The number of pyridine rings is 1. The third-order valence-electron chi connectivity index (χ3n) is 8.25. The molecule has 7 rings (SSSR count). The van der Waals surface area contributed by atoms with E-state index in [1.54, 1.807) is 18.2 Å².